The Balaban J connectivity index is 1.51. The molecule has 4 rings (SSSR count). The third-order valence-electron chi connectivity index (χ3n) is 4.69. The smallest absolute Gasteiger partial charge is 0.262 e. The highest BCUT2D eigenvalue weighted by Crippen LogP contribution is 2.27. The first-order chi connectivity index (χ1) is 15.2. The third-order valence-corrected chi connectivity index (χ3v) is 6.63. The van der Waals surface area contributed by atoms with Crippen molar-refractivity contribution >= 4 is 27.3 Å². The number of nitrogens with one attached hydrogen (secondary N) is 1. The Morgan fingerprint density at radius 2 is 1.75 bits per heavy atom. The van der Waals surface area contributed by atoms with Gasteiger partial charge in [0.1, 0.15) is 12.1 Å². The summed E-state index contributed by atoms with van der Waals surface area (Å²) in [4.78, 5) is 8.51. The van der Waals surface area contributed by atoms with Gasteiger partial charge in [-0.05, 0) is 68.8 Å². The highest BCUT2D eigenvalue weighted by molar-refractivity contribution is 7.92. The van der Waals surface area contributed by atoms with E-state index in [0.717, 1.165) is 11.4 Å². The second-order valence-corrected chi connectivity index (χ2v) is 9.21. The molecule has 0 bridgehead atoms. The average molecular weight is 470 g/mol. The molecule has 0 spiro atoms. The van der Waals surface area contributed by atoms with E-state index in [1.165, 1.54) is 12.4 Å². The van der Waals surface area contributed by atoms with E-state index in [0.29, 0.717) is 33.7 Å². The molecule has 8 nitrogen and oxygen atoms in total. The van der Waals surface area contributed by atoms with Crippen molar-refractivity contribution in [3.05, 3.63) is 82.9 Å². The van der Waals surface area contributed by atoms with Crippen LogP contribution in [0.25, 0.3) is 5.82 Å². The van der Waals surface area contributed by atoms with Crippen molar-refractivity contribution in [3.8, 4) is 17.4 Å². The zero-order chi connectivity index (χ0) is 22.9. The van der Waals surface area contributed by atoms with E-state index < -0.39 is 10.0 Å². The first kappa shape index (κ1) is 21.8. The molecule has 0 saturated carbocycles. The van der Waals surface area contributed by atoms with E-state index >= 15 is 0 Å². The Labute approximate surface area is 190 Å². The van der Waals surface area contributed by atoms with E-state index in [4.69, 9.17) is 16.3 Å². The summed E-state index contributed by atoms with van der Waals surface area (Å²) >= 11 is 6.06. The largest absolute Gasteiger partial charge is 0.439 e. The van der Waals surface area contributed by atoms with Gasteiger partial charge in [0.05, 0.1) is 10.6 Å². The summed E-state index contributed by atoms with van der Waals surface area (Å²) in [5.74, 6) is 1.41. The molecule has 2 aromatic heterocycles. The lowest BCUT2D eigenvalue weighted by molar-refractivity contribution is 0.460. The third kappa shape index (κ3) is 4.58. The van der Waals surface area contributed by atoms with E-state index in [9.17, 15) is 8.42 Å². The number of rotatable bonds is 6. The van der Waals surface area contributed by atoms with Crippen LogP contribution in [-0.4, -0.2) is 28.2 Å². The number of sulfonamides is 1. The van der Waals surface area contributed by atoms with Gasteiger partial charge in [-0.3, -0.25) is 4.72 Å². The molecule has 0 unspecified atom stereocenters. The van der Waals surface area contributed by atoms with Crippen molar-refractivity contribution in [1.82, 2.24) is 19.7 Å². The van der Waals surface area contributed by atoms with Crippen molar-refractivity contribution in [2.75, 3.05) is 4.72 Å². The van der Waals surface area contributed by atoms with Crippen LogP contribution < -0.4 is 9.46 Å². The summed E-state index contributed by atoms with van der Waals surface area (Å²) in [5.41, 5.74) is 2.71. The van der Waals surface area contributed by atoms with Crippen molar-refractivity contribution in [3.63, 3.8) is 0 Å². The van der Waals surface area contributed by atoms with Crippen LogP contribution in [0.4, 0.5) is 5.69 Å². The summed E-state index contributed by atoms with van der Waals surface area (Å²) in [6, 6.07) is 14.9. The minimum Gasteiger partial charge on any atom is -0.439 e. The van der Waals surface area contributed by atoms with Gasteiger partial charge >= 0.3 is 0 Å². The van der Waals surface area contributed by atoms with Gasteiger partial charge in [0, 0.05) is 22.5 Å². The van der Waals surface area contributed by atoms with Gasteiger partial charge in [-0.1, -0.05) is 17.7 Å². The molecule has 0 aliphatic rings. The Hall–Kier alpha value is -3.43. The average Bonchev–Trinajstić information content (AvgIpc) is 3.09. The number of aromatic nitrogens is 4. The Morgan fingerprint density at radius 1 is 1.00 bits per heavy atom. The van der Waals surface area contributed by atoms with Crippen LogP contribution in [0.15, 0.2) is 65.8 Å². The number of anilines is 1. The summed E-state index contributed by atoms with van der Waals surface area (Å²) in [5, 5.41) is 4.80. The lowest BCUT2D eigenvalue weighted by Crippen LogP contribution is -2.14. The summed E-state index contributed by atoms with van der Waals surface area (Å²) in [6.07, 6.45) is 1.40. The molecule has 0 atom stereocenters. The van der Waals surface area contributed by atoms with E-state index in [1.807, 2.05) is 19.9 Å². The van der Waals surface area contributed by atoms with Gasteiger partial charge in [0.25, 0.3) is 10.0 Å². The standard InChI is InChI=1S/C22H20ClN5O3S/c1-14-11-15(2)28(26-14)21-12-22(25-13-24-21)31-18-9-7-17(8-10-18)27-32(29,30)20-6-4-5-19(23)16(20)3/h4-13,27H,1-3H3. The molecule has 0 fully saturated rings. The molecule has 10 heteroatoms. The van der Waals surface area contributed by atoms with E-state index in [-0.39, 0.29) is 4.90 Å². The molecule has 32 heavy (non-hydrogen) atoms. The number of benzene rings is 2. The van der Waals surface area contributed by atoms with Crippen LogP contribution >= 0.6 is 11.6 Å². The van der Waals surface area contributed by atoms with E-state index in [1.54, 1.807) is 54.1 Å². The molecule has 0 radical (unpaired) electrons. The number of halogens is 1. The van der Waals surface area contributed by atoms with Crippen LogP contribution in [0, 0.1) is 20.8 Å². The maximum Gasteiger partial charge on any atom is 0.262 e. The van der Waals surface area contributed by atoms with Crippen molar-refractivity contribution in [1.29, 1.82) is 0 Å². The molecule has 0 aliphatic carbocycles. The monoisotopic (exact) mass is 469 g/mol. The first-order valence-electron chi connectivity index (χ1n) is 9.64. The van der Waals surface area contributed by atoms with Gasteiger partial charge in [-0.25, -0.2) is 23.1 Å². The molecule has 164 valence electrons. The number of aryl methyl sites for hydroxylation is 2. The molecule has 2 aromatic carbocycles. The molecular weight excluding hydrogens is 450 g/mol. The Bertz CT molecular complexity index is 1390. The summed E-state index contributed by atoms with van der Waals surface area (Å²) < 4.78 is 35.5. The van der Waals surface area contributed by atoms with Crippen LogP contribution in [0.3, 0.4) is 0 Å². The molecule has 0 saturated heterocycles. The van der Waals surface area contributed by atoms with Crippen LogP contribution in [0.5, 0.6) is 11.6 Å². The fourth-order valence-electron chi connectivity index (χ4n) is 3.16. The predicted molar refractivity (Wildman–Crippen MR) is 122 cm³/mol. The minimum absolute atomic E-state index is 0.128. The zero-order valence-electron chi connectivity index (χ0n) is 17.6. The Morgan fingerprint density at radius 3 is 2.44 bits per heavy atom. The topological polar surface area (TPSA) is 99.0 Å². The molecule has 0 aliphatic heterocycles. The summed E-state index contributed by atoms with van der Waals surface area (Å²) in [7, 11) is -3.78. The van der Waals surface area contributed by atoms with Crippen molar-refractivity contribution in [2.24, 2.45) is 0 Å². The van der Waals surface area contributed by atoms with Gasteiger partial charge < -0.3 is 4.74 Å². The maximum absolute atomic E-state index is 12.7. The fraction of sp³-hybridized carbons (Fsp3) is 0.136. The van der Waals surface area contributed by atoms with Crippen LogP contribution in [0.2, 0.25) is 5.02 Å². The van der Waals surface area contributed by atoms with Crippen molar-refractivity contribution < 1.29 is 13.2 Å². The zero-order valence-corrected chi connectivity index (χ0v) is 19.1. The molecule has 2 heterocycles. The molecule has 0 amide bonds. The van der Waals surface area contributed by atoms with Gasteiger partial charge in [-0.15, -0.1) is 0 Å². The Kier molecular flexibility index (Phi) is 5.86. The van der Waals surface area contributed by atoms with Crippen LogP contribution in [0.1, 0.15) is 17.0 Å². The molecular formula is C22H20ClN5O3S. The first-order valence-corrected chi connectivity index (χ1v) is 11.5. The fourth-order valence-corrected chi connectivity index (χ4v) is 4.72. The van der Waals surface area contributed by atoms with Crippen molar-refractivity contribution in [2.45, 2.75) is 25.7 Å². The summed E-state index contributed by atoms with van der Waals surface area (Å²) in [6.45, 7) is 5.51. The number of hydrogen-bond acceptors (Lipinski definition) is 6. The quantitative estimate of drug-likeness (QED) is 0.434. The molecule has 4 aromatic rings. The van der Waals surface area contributed by atoms with Crippen LogP contribution in [-0.2, 0) is 10.0 Å². The minimum atomic E-state index is -3.78. The number of hydrogen-bond donors (Lipinski definition) is 1. The maximum atomic E-state index is 12.7. The van der Waals surface area contributed by atoms with Gasteiger partial charge in [0.2, 0.25) is 5.88 Å². The normalized spacial score (nSPS) is 11.4. The lowest BCUT2D eigenvalue weighted by atomic mass is 10.2. The highest BCUT2D eigenvalue weighted by Gasteiger charge is 2.18. The SMILES string of the molecule is Cc1cc(C)n(-c2cc(Oc3ccc(NS(=O)(=O)c4cccc(Cl)c4C)cc3)ncn2)n1. The van der Waals surface area contributed by atoms with Gasteiger partial charge in [0.15, 0.2) is 5.82 Å². The second kappa shape index (κ2) is 8.60. The number of nitrogens with zero attached hydrogens (tertiary/aromatic N) is 4. The predicted octanol–water partition coefficient (Wildman–Crippen LogP) is 4.83. The molecule has 1 N–H and O–H groups in total. The highest BCUT2D eigenvalue weighted by atomic mass is 35.5. The number of ether oxygens (including phenoxy) is 1. The second-order valence-electron chi connectivity index (χ2n) is 7.15. The lowest BCUT2D eigenvalue weighted by Gasteiger charge is -2.12. The van der Waals surface area contributed by atoms with E-state index in [2.05, 4.69) is 19.8 Å². The van der Waals surface area contributed by atoms with Gasteiger partial charge in [-0.2, -0.15) is 5.10 Å².